The van der Waals surface area contributed by atoms with Gasteiger partial charge in [-0.2, -0.15) is 36.5 Å². The van der Waals surface area contributed by atoms with Crippen LogP contribution in [0.5, 0.6) is 0 Å². The molecule has 2 aliphatic carbocycles. The van der Waals surface area contributed by atoms with E-state index in [0.29, 0.717) is 47.8 Å². The number of rotatable bonds is 2. The van der Waals surface area contributed by atoms with E-state index in [2.05, 4.69) is 20.4 Å². The lowest BCUT2D eigenvalue weighted by molar-refractivity contribution is -0.183. The Labute approximate surface area is 236 Å². The van der Waals surface area contributed by atoms with Crippen molar-refractivity contribution in [1.29, 1.82) is 0 Å². The first kappa shape index (κ1) is 29.8. The van der Waals surface area contributed by atoms with E-state index < -0.39 is 24.2 Å². The molecule has 12 heteroatoms. The molecule has 0 saturated heterocycles. The number of benzene rings is 2. The van der Waals surface area contributed by atoms with E-state index in [4.69, 9.17) is 0 Å². The number of fused-ring (bicyclic) bond motifs is 2. The summed E-state index contributed by atoms with van der Waals surface area (Å²) in [4.78, 5) is 23.5. The highest BCUT2D eigenvalue weighted by Crippen LogP contribution is 2.44. The molecule has 2 fully saturated rings. The SMILES string of the molecule is O=c1[nH]nc(C2CCC(C(F)(F)F)CC2)c2ccccc12.O=c1[nH]nc(C2CCC(C(F)(F)F)CC2)c2ccccc12. The largest absolute Gasteiger partial charge is 0.391 e. The monoisotopic (exact) mass is 592 g/mol. The summed E-state index contributed by atoms with van der Waals surface area (Å²) in [6.07, 6.45) is -5.89. The quantitative estimate of drug-likeness (QED) is 0.236. The van der Waals surface area contributed by atoms with Crippen LogP contribution in [0.4, 0.5) is 26.3 Å². The van der Waals surface area contributed by atoms with Crippen molar-refractivity contribution < 1.29 is 26.3 Å². The fourth-order valence-corrected chi connectivity index (χ4v) is 6.28. The Balaban J connectivity index is 0.000000168. The van der Waals surface area contributed by atoms with Crippen molar-refractivity contribution in [3.05, 3.63) is 80.6 Å². The summed E-state index contributed by atoms with van der Waals surface area (Å²) in [5.74, 6) is -2.46. The molecule has 2 saturated carbocycles. The first-order chi connectivity index (χ1) is 19.9. The Bertz CT molecular complexity index is 1520. The minimum atomic E-state index is -4.11. The zero-order chi connectivity index (χ0) is 30.1. The molecule has 0 radical (unpaired) electrons. The Morgan fingerprint density at radius 1 is 0.524 bits per heavy atom. The zero-order valence-corrected chi connectivity index (χ0v) is 22.6. The van der Waals surface area contributed by atoms with Crippen LogP contribution in [0.15, 0.2) is 58.1 Å². The Hall–Kier alpha value is -3.70. The predicted octanol–water partition coefficient (Wildman–Crippen LogP) is 7.52. The summed E-state index contributed by atoms with van der Waals surface area (Å²) in [6.45, 7) is 0. The molecule has 6 rings (SSSR count). The third-order valence-electron chi connectivity index (χ3n) is 8.60. The topological polar surface area (TPSA) is 91.5 Å². The molecule has 2 aromatic heterocycles. The van der Waals surface area contributed by atoms with Gasteiger partial charge in [0.15, 0.2) is 0 Å². The van der Waals surface area contributed by atoms with Gasteiger partial charge in [0.05, 0.1) is 34.0 Å². The lowest BCUT2D eigenvalue weighted by Crippen LogP contribution is -2.27. The Morgan fingerprint density at radius 3 is 1.14 bits per heavy atom. The maximum Gasteiger partial charge on any atom is 0.391 e. The first-order valence-corrected chi connectivity index (χ1v) is 14.0. The molecule has 2 N–H and O–H groups in total. The smallest absolute Gasteiger partial charge is 0.267 e. The average Bonchev–Trinajstić information content (AvgIpc) is 2.98. The fourth-order valence-electron chi connectivity index (χ4n) is 6.28. The van der Waals surface area contributed by atoms with Crippen molar-refractivity contribution >= 4 is 21.5 Å². The van der Waals surface area contributed by atoms with E-state index in [0.717, 1.165) is 10.8 Å². The third-order valence-corrected chi connectivity index (χ3v) is 8.60. The van der Waals surface area contributed by atoms with Crippen LogP contribution in [0.1, 0.15) is 74.6 Å². The molecular formula is C30H30F6N4O2. The van der Waals surface area contributed by atoms with Gasteiger partial charge in [-0.05, 0) is 63.5 Å². The van der Waals surface area contributed by atoms with Crippen LogP contribution in [0.25, 0.3) is 21.5 Å². The highest BCUT2D eigenvalue weighted by molar-refractivity contribution is 5.84. The van der Waals surface area contributed by atoms with Crippen LogP contribution in [0.3, 0.4) is 0 Å². The zero-order valence-electron chi connectivity index (χ0n) is 22.6. The van der Waals surface area contributed by atoms with E-state index in [9.17, 15) is 35.9 Å². The summed E-state index contributed by atoms with van der Waals surface area (Å²) in [7, 11) is 0. The molecule has 42 heavy (non-hydrogen) atoms. The van der Waals surface area contributed by atoms with Crippen LogP contribution < -0.4 is 11.1 Å². The van der Waals surface area contributed by atoms with Crippen molar-refractivity contribution in [1.82, 2.24) is 20.4 Å². The van der Waals surface area contributed by atoms with Gasteiger partial charge in [0.1, 0.15) is 0 Å². The molecule has 0 amide bonds. The maximum absolute atomic E-state index is 12.7. The summed E-state index contributed by atoms with van der Waals surface area (Å²) in [5.41, 5.74) is 0.897. The number of nitrogens with one attached hydrogen (secondary N) is 2. The molecule has 0 unspecified atom stereocenters. The van der Waals surface area contributed by atoms with Gasteiger partial charge in [-0.15, -0.1) is 0 Å². The van der Waals surface area contributed by atoms with Crippen molar-refractivity contribution in [3.8, 4) is 0 Å². The van der Waals surface area contributed by atoms with E-state index >= 15 is 0 Å². The molecule has 2 aromatic carbocycles. The Kier molecular flexibility index (Phi) is 8.43. The second-order valence-electron chi connectivity index (χ2n) is 11.1. The molecule has 0 aliphatic heterocycles. The van der Waals surface area contributed by atoms with Crippen LogP contribution in [0.2, 0.25) is 0 Å². The minimum Gasteiger partial charge on any atom is -0.267 e. The number of alkyl halides is 6. The highest BCUT2D eigenvalue weighted by atomic mass is 19.4. The van der Waals surface area contributed by atoms with Crippen molar-refractivity contribution in [2.24, 2.45) is 11.8 Å². The van der Waals surface area contributed by atoms with Crippen molar-refractivity contribution in [2.45, 2.75) is 75.6 Å². The number of hydrogen-bond donors (Lipinski definition) is 2. The van der Waals surface area contributed by atoms with Gasteiger partial charge in [0, 0.05) is 22.6 Å². The van der Waals surface area contributed by atoms with Gasteiger partial charge < -0.3 is 0 Å². The summed E-state index contributed by atoms with van der Waals surface area (Å²) in [5, 5.41) is 15.7. The molecular weight excluding hydrogens is 562 g/mol. The molecule has 2 heterocycles. The lowest BCUT2D eigenvalue weighted by Gasteiger charge is -2.29. The van der Waals surface area contributed by atoms with E-state index in [-0.39, 0.29) is 48.6 Å². The maximum atomic E-state index is 12.7. The van der Waals surface area contributed by atoms with E-state index in [1.54, 1.807) is 24.3 Å². The molecule has 4 aromatic rings. The second-order valence-corrected chi connectivity index (χ2v) is 11.1. The van der Waals surface area contributed by atoms with Gasteiger partial charge in [-0.3, -0.25) is 9.59 Å². The second kappa shape index (κ2) is 11.9. The Morgan fingerprint density at radius 2 is 0.833 bits per heavy atom. The standard InChI is InChI=1S/2C15H15F3N2O/c2*16-15(17,18)10-7-5-9(6-8-10)13-11-3-1-2-4-12(11)14(21)20-19-13/h2*1-4,9-10H,5-8H2,(H,20,21). The summed E-state index contributed by atoms with van der Waals surface area (Å²) in [6, 6.07) is 14.2. The number of halogens is 6. The average molecular weight is 593 g/mol. The van der Waals surface area contributed by atoms with Crippen LogP contribution in [0, 0.1) is 11.8 Å². The van der Waals surface area contributed by atoms with Gasteiger partial charge in [0.25, 0.3) is 11.1 Å². The number of aromatic amines is 2. The van der Waals surface area contributed by atoms with Crippen molar-refractivity contribution in [3.63, 3.8) is 0 Å². The number of aromatic nitrogens is 4. The van der Waals surface area contributed by atoms with E-state index in [1.807, 2.05) is 24.3 Å². The molecule has 224 valence electrons. The van der Waals surface area contributed by atoms with Gasteiger partial charge in [-0.25, -0.2) is 10.2 Å². The first-order valence-electron chi connectivity index (χ1n) is 14.0. The van der Waals surface area contributed by atoms with Gasteiger partial charge >= 0.3 is 12.4 Å². The molecule has 0 bridgehead atoms. The normalized spacial score (nSPS) is 23.4. The number of hydrogen-bond acceptors (Lipinski definition) is 4. The molecule has 0 spiro atoms. The molecule has 2 aliphatic rings. The summed E-state index contributed by atoms with van der Waals surface area (Å²) < 4.78 is 76.3. The molecule has 6 nitrogen and oxygen atoms in total. The minimum absolute atomic E-state index is 0.0228. The number of H-pyrrole nitrogens is 2. The van der Waals surface area contributed by atoms with Crippen molar-refractivity contribution in [2.75, 3.05) is 0 Å². The lowest BCUT2D eigenvalue weighted by atomic mass is 9.79. The summed E-state index contributed by atoms with van der Waals surface area (Å²) >= 11 is 0. The van der Waals surface area contributed by atoms with Crippen LogP contribution in [-0.4, -0.2) is 32.7 Å². The van der Waals surface area contributed by atoms with Crippen LogP contribution in [-0.2, 0) is 0 Å². The van der Waals surface area contributed by atoms with Gasteiger partial charge in [-0.1, -0.05) is 36.4 Å². The predicted molar refractivity (Wildman–Crippen MR) is 146 cm³/mol. The van der Waals surface area contributed by atoms with E-state index in [1.165, 1.54) is 0 Å². The van der Waals surface area contributed by atoms with Crippen LogP contribution >= 0.6 is 0 Å². The molecule has 0 atom stereocenters. The van der Waals surface area contributed by atoms with Gasteiger partial charge in [0.2, 0.25) is 0 Å². The number of nitrogens with zero attached hydrogens (tertiary/aromatic N) is 2. The fraction of sp³-hybridized carbons (Fsp3) is 0.467. The third kappa shape index (κ3) is 6.37. The highest BCUT2D eigenvalue weighted by Gasteiger charge is 2.43.